The summed E-state index contributed by atoms with van der Waals surface area (Å²) >= 11 is 0. The highest BCUT2D eigenvalue weighted by Gasteiger charge is 2.62. The fourth-order valence-corrected chi connectivity index (χ4v) is 3.22. The molecule has 3 rings (SSSR count). The van der Waals surface area contributed by atoms with E-state index in [1.807, 2.05) is 0 Å². The molecule has 4 N–H and O–H groups in total. The van der Waals surface area contributed by atoms with Gasteiger partial charge in [0, 0.05) is 12.6 Å². The first-order valence-corrected chi connectivity index (χ1v) is 6.83. The lowest BCUT2D eigenvalue weighted by Crippen LogP contribution is -2.43. The predicted molar refractivity (Wildman–Crippen MR) is 71.3 cm³/mol. The van der Waals surface area contributed by atoms with Crippen LogP contribution in [0, 0.1) is 11.3 Å². The number of nitrogens with two attached hydrogens (primary N) is 1. The SMILES string of the molecule is Nc1ccn(C2CC(C(=O)O)(C3CC3)C(CO)O2)c(=O)n1. The van der Waals surface area contributed by atoms with Crippen LogP contribution in [0.3, 0.4) is 0 Å². The van der Waals surface area contributed by atoms with Crippen molar-refractivity contribution in [3.63, 3.8) is 0 Å². The second-order valence-corrected chi connectivity index (χ2v) is 5.63. The van der Waals surface area contributed by atoms with Crippen LogP contribution >= 0.6 is 0 Å². The maximum Gasteiger partial charge on any atom is 0.351 e. The van der Waals surface area contributed by atoms with Crippen molar-refractivity contribution >= 4 is 11.8 Å². The highest BCUT2D eigenvalue weighted by atomic mass is 16.5. The average molecular weight is 295 g/mol. The van der Waals surface area contributed by atoms with E-state index in [4.69, 9.17) is 10.5 Å². The van der Waals surface area contributed by atoms with Crippen LogP contribution in [0.25, 0.3) is 0 Å². The van der Waals surface area contributed by atoms with Gasteiger partial charge in [-0.15, -0.1) is 0 Å². The molecule has 2 aliphatic rings. The van der Waals surface area contributed by atoms with E-state index >= 15 is 0 Å². The molecule has 2 fully saturated rings. The number of anilines is 1. The minimum atomic E-state index is -1.14. The molecule has 1 aromatic heterocycles. The summed E-state index contributed by atoms with van der Waals surface area (Å²) in [5, 5.41) is 19.1. The van der Waals surface area contributed by atoms with Gasteiger partial charge in [-0.1, -0.05) is 0 Å². The van der Waals surface area contributed by atoms with Gasteiger partial charge in [0.2, 0.25) is 0 Å². The van der Waals surface area contributed by atoms with Crippen molar-refractivity contribution in [2.24, 2.45) is 11.3 Å². The lowest BCUT2D eigenvalue weighted by Gasteiger charge is -2.27. The van der Waals surface area contributed by atoms with E-state index < -0.39 is 36.0 Å². The molecule has 8 nitrogen and oxygen atoms in total. The van der Waals surface area contributed by atoms with Crippen molar-refractivity contribution in [2.75, 3.05) is 12.3 Å². The number of nitrogen functional groups attached to an aromatic ring is 1. The quantitative estimate of drug-likeness (QED) is 0.688. The van der Waals surface area contributed by atoms with E-state index in [9.17, 15) is 19.8 Å². The van der Waals surface area contributed by atoms with Crippen LogP contribution in [0.2, 0.25) is 0 Å². The van der Waals surface area contributed by atoms with Crippen LogP contribution in [-0.2, 0) is 9.53 Å². The van der Waals surface area contributed by atoms with Gasteiger partial charge in [-0.05, 0) is 24.8 Å². The summed E-state index contributed by atoms with van der Waals surface area (Å²) < 4.78 is 6.88. The zero-order valence-corrected chi connectivity index (χ0v) is 11.3. The highest BCUT2D eigenvalue weighted by Crippen LogP contribution is 2.57. The van der Waals surface area contributed by atoms with Crippen LogP contribution in [0.4, 0.5) is 5.82 Å². The van der Waals surface area contributed by atoms with Gasteiger partial charge in [0.05, 0.1) is 12.7 Å². The minimum Gasteiger partial charge on any atom is -0.481 e. The molecule has 8 heteroatoms. The third-order valence-electron chi connectivity index (χ3n) is 4.44. The summed E-state index contributed by atoms with van der Waals surface area (Å²) in [5.41, 5.74) is 3.71. The summed E-state index contributed by atoms with van der Waals surface area (Å²) in [7, 11) is 0. The number of carboxylic acid groups (broad SMARTS) is 1. The van der Waals surface area contributed by atoms with Crippen LogP contribution < -0.4 is 11.4 Å². The Morgan fingerprint density at radius 2 is 2.29 bits per heavy atom. The number of ether oxygens (including phenoxy) is 1. The molecule has 3 unspecified atom stereocenters. The van der Waals surface area contributed by atoms with Crippen LogP contribution in [-0.4, -0.2) is 38.4 Å². The topological polar surface area (TPSA) is 128 Å². The number of hydrogen-bond acceptors (Lipinski definition) is 6. The van der Waals surface area contributed by atoms with E-state index in [1.54, 1.807) is 0 Å². The first-order valence-electron chi connectivity index (χ1n) is 6.83. The Hall–Kier alpha value is -1.93. The van der Waals surface area contributed by atoms with Gasteiger partial charge in [0.1, 0.15) is 17.5 Å². The summed E-state index contributed by atoms with van der Waals surface area (Å²) in [5.74, 6) is -0.905. The fraction of sp³-hybridized carbons (Fsp3) is 0.615. The molecule has 114 valence electrons. The van der Waals surface area contributed by atoms with Crippen molar-refractivity contribution in [1.29, 1.82) is 0 Å². The van der Waals surface area contributed by atoms with E-state index in [-0.39, 0.29) is 18.2 Å². The molecule has 1 aromatic rings. The summed E-state index contributed by atoms with van der Waals surface area (Å²) in [6.07, 6.45) is 1.61. The molecular weight excluding hydrogens is 278 g/mol. The molecule has 21 heavy (non-hydrogen) atoms. The monoisotopic (exact) mass is 295 g/mol. The lowest BCUT2D eigenvalue weighted by molar-refractivity contribution is -0.156. The van der Waals surface area contributed by atoms with Gasteiger partial charge in [0.25, 0.3) is 0 Å². The minimum absolute atomic E-state index is 0.0189. The Morgan fingerprint density at radius 3 is 2.81 bits per heavy atom. The van der Waals surface area contributed by atoms with Gasteiger partial charge >= 0.3 is 11.7 Å². The number of carbonyl (C=O) groups is 1. The largest absolute Gasteiger partial charge is 0.481 e. The van der Waals surface area contributed by atoms with Crippen molar-refractivity contribution in [3.8, 4) is 0 Å². The fourth-order valence-electron chi connectivity index (χ4n) is 3.22. The Kier molecular flexibility index (Phi) is 3.22. The lowest BCUT2D eigenvalue weighted by atomic mass is 9.76. The van der Waals surface area contributed by atoms with Crippen molar-refractivity contribution in [1.82, 2.24) is 9.55 Å². The highest BCUT2D eigenvalue weighted by molar-refractivity contribution is 5.77. The molecular formula is C13H17N3O5. The molecule has 0 radical (unpaired) electrons. The van der Waals surface area contributed by atoms with Crippen LogP contribution in [0.15, 0.2) is 17.1 Å². The smallest absolute Gasteiger partial charge is 0.351 e. The molecule has 1 aliphatic heterocycles. The summed E-state index contributed by atoms with van der Waals surface area (Å²) in [6.45, 7) is -0.392. The number of rotatable bonds is 4. The molecule has 1 aliphatic carbocycles. The molecule has 0 bridgehead atoms. The number of carboxylic acids is 1. The first-order chi connectivity index (χ1) is 9.99. The normalized spacial score (nSPS) is 32.2. The standard InChI is InChI=1S/C13H17N3O5/c14-9-3-4-16(12(20)15-9)10-5-13(11(18)19,7-1-2-7)8(6-17)21-10/h3-4,7-8,10,17H,1-2,5-6H2,(H,18,19)(H2,14,15,20). The van der Waals surface area contributed by atoms with Gasteiger partial charge in [-0.3, -0.25) is 9.36 Å². The second-order valence-electron chi connectivity index (χ2n) is 5.63. The van der Waals surface area contributed by atoms with Crippen molar-refractivity contribution < 1.29 is 19.7 Å². The molecule has 0 aromatic carbocycles. The number of nitrogens with zero attached hydrogens (tertiary/aromatic N) is 2. The predicted octanol–water partition coefficient (Wildman–Crippen LogP) is -0.414. The zero-order chi connectivity index (χ0) is 15.2. The Balaban J connectivity index is 1.97. The number of aliphatic hydroxyl groups is 1. The maximum atomic E-state index is 11.9. The Morgan fingerprint density at radius 1 is 1.57 bits per heavy atom. The van der Waals surface area contributed by atoms with Gasteiger partial charge < -0.3 is 20.7 Å². The maximum absolute atomic E-state index is 11.9. The van der Waals surface area contributed by atoms with Crippen LogP contribution in [0.1, 0.15) is 25.5 Å². The molecule has 1 saturated heterocycles. The average Bonchev–Trinajstić information content (AvgIpc) is 3.20. The Bertz CT molecular complexity index is 626. The molecule has 0 amide bonds. The molecule has 0 spiro atoms. The van der Waals surface area contributed by atoms with Gasteiger partial charge in [0.15, 0.2) is 0 Å². The second kappa shape index (κ2) is 4.81. The summed E-state index contributed by atoms with van der Waals surface area (Å²) in [4.78, 5) is 27.3. The Labute approximate surface area is 120 Å². The first kappa shape index (κ1) is 14.0. The van der Waals surface area contributed by atoms with Crippen molar-refractivity contribution in [2.45, 2.75) is 31.6 Å². The third-order valence-corrected chi connectivity index (χ3v) is 4.44. The third kappa shape index (κ3) is 2.11. The van der Waals surface area contributed by atoms with E-state index in [2.05, 4.69) is 4.98 Å². The molecule has 1 saturated carbocycles. The van der Waals surface area contributed by atoms with E-state index in [1.165, 1.54) is 16.8 Å². The number of aliphatic hydroxyl groups excluding tert-OH is 1. The molecule has 2 heterocycles. The van der Waals surface area contributed by atoms with Gasteiger partial charge in [-0.25, -0.2) is 4.79 Å². The van der Waals surface area contributed by atoms with E-state index in [0.717, 1.165) is 12.8 Å². The van der Waals surface area contributed by atoms with Crippen LogP contribution in [0.5, 0.6) is 0 Å². The van der Waals surface area contributed by atoms with Crippen molar-refractivity contribution in [3.05, 3.63) is 22.7 Å². The number of aliphatic carboxylic acids is 1. The summed E-state index contributed by atoms with van der Waals surface area (Å²) in [6, 6.07) is 1.45. The van der Waals surface area contributed by atoms with E-state index in [0.29, 0.717) is 0 Å². The zero-order valence-electron chi connectivity index (χ0n) is 11.3. The number of hydrogen-bond donors (Lipinski definition) is 3. The molecule has 3 atom stereocenters. The number of aromatic nitrogens is 2. The van der Waals surface area contributed by atoms with Gasteiger partial charge in [-0.2, -0.15) is 4.98 Å².